The highest BCUT2D eigenvalue weighted by molar-refractivity contribution is 7.92. The lowest BCUT2D eigenvalue weighted by atomic mass is 10.3. The van der Waals surface area contributed by atoms with Gasteiger partial charge in [0.25, 0.3) is 10.0 Å². The Bertz CT molecular complexity index is 681. The summed E-state index contributed by atoms with van der Waals surface area (Å²) in [5, 5.41) is 4.01. The van der Waals surface area contributed by atoms with Crippen LogP contribution in [0.3, 0.4) is 0 Å². The average Bonchev–Trinajstić information content (AvgIpc) is 2.85. The third kappa shape index (κ3) is 3.55. The zero-order valence-corrected chi connectivity index (χ0v) is 12.0. The van der Waals surface area contributed by atoms with Crippen molar-refractivity contribution in [2.45, 2.75) is 24.8 Å². The maximum absolute atomic E-state index is 12.2. The zero-order valence-electron chi connectivity index (χ0n) is 11.2. The highest BCUT2D eigenvalue weighted by Gasteiger charge is 2.16. The van der Waals surface area contributed by atoms with Crippen molar-refractivity contribution >= 4 is 15.7 Å². The zero-order chi connectivity index (χ0) is 14.6. The van der Waals surface area contributed by atoms with E-state index in [0.29, 0.717) is 18.8 Å². The Labute approximate surface area is 117 Å². The first kappa shape index (κ1) is 14.5. The summed E-state index contributed by atoms with van der Waals surface area (Å²) in [5.74, 6) is 0. The number of aromatic nitrogens is 3. The molecule has 0 bridgehead atoms. The normalized spacial score (nSPS) is 11.5. The molecule has 7 nitrogen and oxygen atoms in total. The van der Waals surface area contributed by atoms with Crippen LogP contribution in [0.1, 0.15) is 12.1 Å². The number of hydrogen-bond acceptors (Lipinski definition) is 5. The molecule has 0 aromatic carbocycles. The van der Waals surface area contributed by atoms with Crippen LogP contribution in [0.25, 0.3) is 0 Å². The third-order valence-corrected chi connectivity index (χ3v) is 4.00. The summed E-state index contributed by atoms with van der Waals surface area (Å²) in [6.45, 7) is 2.93. The Morgan fingerprint density at radius 3 is 2.95 bits per heavy atom. The van der Waals surface area contributed by atoms with Gasteiger partial charge in [-0.3, -0.25) is 14.4 Å². The summed E-state index contributed by atoms with van der Waals surface area (Å²) in [6.07, 6.45) is 5.12. The first-order valence-electron chi connectivity index (χ1n) is 6.19. The Morgan fingerprint density at radius 1 is 1.45 bits per heavy atom. The number of nitrogens with one attached hydrogen (secondary N) is 1. The molecule has 0 atom stereocenters. The quantitative estimate of drug-likeness (QED) is 0.818. The first-order chi connectivity index (χ1) is 9.51. The molecular weight excluding hydrogens is 278 g/mol. The van der Waals surface area contributed by atoms with E-state index in [1.54, 1.807) is 29.9 Å². The van der Waals surface area contributed by atoms with Gasteiger partial charge in [-0.25, -0.2) is 8.42 Å². The fourth-order valence-corrected chi connectivity index (χ4v) is 2.68. The molecule has 0 aliphatic heterocycles. The number of aryl methyl sites for hydroxylation is 2. The Kier molecular flexibility index (Phi) is 4.35. The van der Waals surface area contributed by atoms with Gasteiger partial charge >= 0.3 is 0 Å². The van der Waals surface area contributed by atoms with Gasteiger partial charge in [0, 0.05) is 24.6 Å². The summed E-state index contributed by atoms with van der Waals surface area (Å²) in [6, 6.07) is 3.26. The van der Waals surface area contributed by atoms with Gasteiger partial charge in [0.2, 0.25) is 0 Å². The van der Waals surface area contributed by atoms with Crippen LogP contribution in [-0.2, 0) is 16.6 Å². The lowest BCUT2D eigenvalue weighted by Gasteiger charge is -2.06. The molecule has 2 aromatic rings. The third-order valence-electron chi connectivity index (χ3n) is 2.66. The van der Waals surface area contributed by atoms with E-state index in [1.807, 2.05) is 0 Å². The van der Waals surface area contributed by atoms with Crippen LogP contribution in [0.5, 0.6) is 0 Å². The minimum Gasteiger partial charge on any atom is -0.330 e. The molecule has 0 fully saturated rings. The van der Waals surface area contributed by atoms with Crippen LogP contribution in [0.15, 0.2) is 35.6 Å². The van der Waals surface area contributed by atoms with Gasteiger partial charge in [-0.15, -0.1) is 0 Å². The van der Waals surface area contributed by atoms with E-state index >= 15 is 0 Å². The number of sulfonamides is 1. The van der Waals surface area contributed by atoms with E-state index in [1.165, 1.54) is 12.4 Å². The van der Waals surface area contributed by atoms with Crippen molar-refractivity contribution in [3.8, 4) is 0 Å². The summed E-state index contributed by atoms with van der Waals surface area (Å²) in [4.78, 5) is 4.15. The summed E-state index contributed by atoms with van der Waals surface area (Å²) >= 11 is 0. The Balaban J connectivity index is 2.16. The lowest BCUT2D eigenvalue weighted by molar-refractivity contribution is 0.582. The van der Waals surface area contributed by atoms with Crippen LogP contribution in [0.4, 0.5) is 5.69 Å². The van der Waals surface area contributed by atoms with Crippen molar-refractivity contribution in [2.75, 3.05) is 11.3 Å². The molecule has 0 aliphatic rings. The van der Waals surface area contributed by atoms with E-state index < -0.39 is 10.0 Å². The molecule has 8 heteroatoms. The number of rotatable bonds is 6. The molecule has 0 spiro atoms. The van der Waals surface area contributed by atoms with Crippen molar-refractivity contribution in [2.24, 2.45) is 5.73 Å². The highest BCUT2D eigenvalue weighted by atomic mass is 32.2. The number of hydrogen-bond donors (Lipinski definition) is 2. The van der Waals surface area contributed by atoms with E-state index in [4.69, 9.17) is 5.73 Å². The molecular formula is C12H17N5O2S. The van der Waals surface area contributed by atoms with Crippen molar-refractivity contribution in [1.82, 2.24) is 14.8 Å². The molecule has 0 unspecified atom stereocenters. The fraction of sp³-hybridized carbons (Fsp3) is 0.333. The van der Waals surface area contributed by atoms with E-state index in [0.717, 1.165) is 12.1 Å². The number of nitrogens with two attached hydrogens (primary N) is 1. The minimum absolute atomic E-state index is 0.129. The van der Waals surface area contributed by atoms with E-state index in [9.17, 15) is 8.42 Å². The monoisotopic (exact) mass is 295 g/mol. The predicted octanol–water partition coefficient (Wildman–Crippen LogP) is 0.736. The van der Waals surface area contributed by atoms with Crippen LogP contribution in [-0.4, -0.2) is 29.7 Å². The first-order valence-corrected chi connectivity index (χ1v) is 7.67. The minimum atomic E-state index is -3.63. The fourth-order valence-electron chi connectivity index (χ4n) is 1.68. The molecule has 3 N–H and O–H groups in total. The topological polar surface area (TPSA) is 103 Å². The van der Waals surface area contributed by atoms with Crippen LogP contribution in [0.2, 0.25) is 0 Å². The maximum Gasteiger partial charge on any atom is 0.265 e. The molecule has 0 aliphatic carbocycles. The van der Waals surface area contributed by atoms with Gasteiger partial charge in [0.1, 0.15) is 4.90 Å². The molecule has 2 heterocycles. The smallest absolute Gasteiger partial charge is 0.265 e. The van der Waals surface area contributed by atoms with Gasteiger partial charge in [0.05, 0.1) is 11.9 Å². The molecule has 2 aromatic heterocycles. The van der Waals surface area contributed by atoms with Crippen molar-refractivity contribution < 1.29 is 8.42 Å². The SMILES string of the molecule is Cc1cc(NS(=O)(=O)c2cnn(CCCN)c2)ccn1. The van der Waals surface area contributed by atoms with Gasteiger partial charge in [-0.05, 0) is 32.0 Å². The summed E-state index contributed by atoms with van der Waals surface area (Å²) < 4.78 is 28.4. The van der Waals surface area contributed by atoms with Gasteiger partial charge in [-0.2, -0.15) is 5.10 Å². The largest absolute Gasteiger partial charge is 0.330 e. The standard InChI is InChI=1S/C12H17N5O2S/c1-10-7-11(3-5-14-10)16-20(18,19)12-8-15-17(9-12)6-2-4-13/h3,5,7-9H,2,4,6,13H2,1H3,(H,14,16). The predicted molar refractivity (Wildman–Crippen MR) is 75.7 cm³/mol. The van der Waals surface area contributed by atoms with E-state index in [-0.39, 0.29) is 4.90 Å². The number of anilines is 1. The Hall–Kier alpha value is -1.93. The van der Waals surface area contributed by atoms with E-state index in [2.05, 4.69) is 14.8 Å². The molecule has 0 saturated heterocycles. The average molecular weight is 295 g/mol. The van der Waals surface area contributed by atoms with Gasteiger partial charge in [0.15, 0.2) is 0 Å². The van der Waals surface area contributed by atoms with Gasteiger partial charge < -0.3 is 5.73 Å². The molecule has 2 rings (SSSR count). The molecule has 108 valence electrons. The molecule has 0 amide bonds. The van der Waals surface area contributed by atoms with Crippen molar-refractivity contribution in [3.63, 3.8) is 0 Å². The van der Waals surface area contributed by atoms with Crippen molar-refractivity contribution in [3.05, 3.63) is 36.4 Å². The highest BCUT2D eigenvalue weighted by Crippen LogP contribution is 2.15. The van der Waals surface area contributed by atoms with Gasteiger partial charge in [-0.1, -0.05) is 0 Å². The number of nitrogens with zero attached hydrogens (tertiary/aromatic N) is 3. The Morgan fingerprint density at radius 2 is 2.25 bits per heavy atom. The summed E-state index contributed by atoms with van der Waals surface area (Å²) in [5.41, 5.74) is 6.63. The molecule has 0 radical (unpaired) electrons. The second kappa shape index (κ2) is 6.02. The molecule has 20 heavy (non-hydrogen) atoms. The number of pyridine rings is 1. The van der Waals surface area contributed by atoms with Crippen LogP contribution < -0.4 is 10.5 Å². The lowest BCUT2D eigenvalue weighted by Crippen LogP contribution is -2.12. The van der Waals surface area contributed by atoms with Crippen molar-refractivity contribution in [1.29, 1.82) is 0 Å². The maximum atomic E-state index is 12.2. The second-order valence-electron chi connectivity index (χ2n) is 4.37. The second-order valence-corrected chi connectivity index (χ2v) is 6.06. The summed E-state index contributed by atoms with van der Waals surface area (Å²) in [7, 11) is -3.63. The molecule has 0 saturated carbocycles. The van der Waals surface area contributed by atoms with Crippen LogP contribution >= 0.6 is 0 Å². The van der Waals surface area contributed by atoms with Crippen LogP contribution in [0, 0.1) is 6.92 Å².